The van der Waals surface area contributed by atoms with Crippen molar-refractivity contribution in [2.75, 3.05) is 5.75 Å². The molecule has 1 atom stereocenters. The summed E-state index contributed by atoms with van der Waals surface area (Å²) >= 11 is 8.00. The number of benzene rings is 2. The molecule has 0 saturated heterocycles. The highest BCUT2D eigenvalue weighted by atomic mass is 79.9. The summed E-state index contributed by atoms with van der Waals surface area (Å²) < 4.78 is 15.2. The topological polar surface area (TPSA) is 20.2 Å². The van der Waals surface area contributed by atoms with Crippen LogP contribution in [-0.2, 0) is 0 Å². The number of hydrogen-bond acceptors (Lipinski definition) is 2. The van der Waals surface area contributed by atoms with E-state index in [1.54, 1.807) is 18.2 Å². The summed E-state index contributed by atoms with van der Waals surface area (Å²) in [4.78, 5) is 1.03. The highest BCUT2D eigenvalue weighted by Crippen LogP contribution is 2.29. The second kappa shape index (κ2) is 6.88. The SMILES string of the molecule is OC(CSc1cccc(Br)c1)c1cccc(Br)c1F. The Labute approximate surface area is 132 Å². The fourth-order valence-electron chi connectivity index (χ4n) is 1.60. The Bertz CT molecular complexity index is 577. The van der Waals surface area contributed by atoms with Gasteiger partial charge in [0.05, 0.1) is 10.6 Å². The van der Waals surface area contributed by atoms with Gasteiger partial charge in [-0.2, -0.15) is 0 Å². The summed E-state index contributed by atoms with van der Waals surface area (Å²) in [6.45, 7) is 0. The third-order valence-corrected chi connectivity index (χ3v) is 4.72. The predicted octanol–water partition coefficient (Wildman–Crippen LogP) is 5.18. The van der Waals surface area contributed by atoms with Crippen LogP contribution in [0.5, 0.6) is 0 Å². The van der Waals surface area contributed by atoms with Crippen LogP contribution >= 0.6 is 43.6 Å². The maximum absolute atomic E-state index is 13.8. The summed E-state index contributed by atoms with van der Waals surface area (Å²) in [7, 11) is 0. The lowest BCUT2D eigenvalue weighted by atomic mass is 10.1. The van der Waals surface area contributed by atoms with E-state index in [-0.39, 0.29) is 0 Å². The standard InChI is InChI=1S/C14H11Br2FOS/c15-9-3-1-4-10(7-9)19-8-13(18)11-5-2-6-12(16)14(11)17/h1-7,13,18H,8H2. The van der Waals surface area contributed by atoms with Gasteiger partial charge in [-0.15, -0.1) is 11.8 Å². The fraction of sp³-hybridized carbons (Fsp3) is 0.143. The highest BCUT2D eigenvalue weighted by molar-refractivity contribution is 9.10. The van der Waals surface area contributed by atoms with Gasteiger partial charge in [-0.1, -0.05) is 34.1 Å². The smallest absolute Gasteiger partial charge is 0.143 e. The molecule has 2 rings (SSSR count). The molecule has 0 radical (unpaired) electrons. The Hall–Kier alpha value is -0.360. The number of aliphatic hydroxyl groups is 1. The minimum absolute atomic E-state index is 0.317. The second-order valence-corrected chi connectivity index (χ2v) is 6.79. The van der Waals surface area contributed by atoms with Crippen molar-refractivity contribution in [3.8, 4) is 0 Å². The van der Waals surface area contributed by atoms with Crippen molar-refractivity contribution < 1.29 is 9.50 Å². The van der Waals surface area contributed by atoms with Gasteiger partial charge in [0.2, 0.25) is 0 Å². The van der Waals surface area contributed by atoms with Gasteiger partial charge < -0.3 is 5.11 Å². The lowest BCUT2D eigenvalue weighted by Crippen LogP contribution is -2.03. The summed E-state index contributed by atoms with van der Waals surface area (Å²) in [6, 6.07) is 12.7. The third kappa shape index (κ3) is 4.05. The zero-order chi connectivity index (χ0) is 13.8. The molecule has 0 fully saturated rings. The van der Waals surface area contributed by atoms with Gasteiger partial charge in [-0.3, -0.25) is 0 Å². The minimum atomic E-state index is -0.832. The molecule has 0 spiro atoms. The average molecular weight is 406 g/mol. The first-order valence-electron chi connectivity index (χ1n) is 5.58. The summed E-state index contributed by atoms with van der Waals surface area (Å²) in [5.74, 6) is 0.00828. The van der Waals surface area contributed by atoms with Gasteiger partial charge in [0.1, 0.15) is 5.82 Å². The molecule has 2 aromatic carbocycles. The Balaban J connectivity index is 2.05. The third-order valence-electron chi connectivity index (χ3n) is 2.54. The fourth-order valence-corrected chi connectivity index (χ4v) is 3.45. The van der Waals surface area contributed by atoms with E-state index in [4.69, 9.17) is 0 Å². The molecule has 0 saturated carbocycles. The first-order valence-corrected chi connectivity index (χ1v) is 8.15. The zero-order valence-corrected chi connectivity index (χ0v) is 13.8. The van der Waals surface area contributed by atoms with Gasteiger partial charge >= 0.3 is 0 Å². The summed E-state index contributed by atoms with van der Waals surface area (Å²) in [5, 5.41) is 10.1. The quantitative estimate of drug-likeness (QED) is 0.707. The first-order chi connectivity index (χ1) is 9.08. The predicted molar refractivity (Wildman–Crippen MR) is 83.9 cm³/mol. The lowest BCUT2D eigenvalue weighted by molar-refractivity contribution is 0.198. The molecule has 19 heavy (non-hydrogen) atoms. The number of aliphatic hydroxyl groups excluding tert-OH is 1. The minimum Gasteiger partial charge on any atom is -0.387 e. The molecule has 0 aliphatic heterocycles. The van der Waals surface area contributed by atoms with Crippen molar-refractivity contribution in [3.05, 3.63) is 62.8 Å². The molecule has 0 heterocycles. The van der Waals surface area contributed by atoms with Gasteiger partial charge in [-0.25, -0.2) is 4.39 Å². The van der Waals surface area contributed by atoms with Crippen LogP contribution in [0.15, 0.2) is 56.3 Å². The van der Waals surface area contributed by atoms with Crippen molar-refractivity contribution in [2.45, 2.75) is 11.0 Å². The molecule has 1 N–H and O–H groups in total. The van der Waals surface area contributed by atoms with Crippen molar-refractivity contribution in [3.63, 3.8) is 0 Å². The van der Waals surface area contributed by atoms with E-state index in [1.165, 1.54) is 11.8 Å². The molecule has 0 amide bonds. The molecule has 0 aliphatic carbocycles. The number of rotatable bonds is 4. The van der Waals surface area contributed by atoms with Crippen LogP contribution in [0, 0.1) is 5.82 Å². The summed E-state index contributed by atoms with van der Waals surface area (Å²) in [5.41, 5.74) is 0.317. The van der Waals surface area contributed by atoms with E-state index in [2.05, 4.69) is 31.9 Å². The van der Waals surface area contributed by atoms with E-state index in [0.29, 0.717) is 15.8 Å². The Morgan fingerprint density at radius 1 is 1.16 bits per heavy atom. The Morgan fingerprint density at radius 2 is 1.89 bits per heavy atom. The maximum Gasteiger partial charge on any atom is 0.143 e. The van der Waals surface area contributed by atoms with Gasteiger partial charge in [0, 0.05) is 20.7 Å². The Kier molecular flexibility index (Phi) is 5.45. The van der Waals surface area contributed by atoms with Crippen LogP contribution in [0.2, 0.25) is 0 Å². The van der Waals surface area contributed by atoms with Gasteiger partial charge in [-0.05, 0) is 40.2 Å². The average Bonchev–Trinajstić information content (AvgIpc) is 2.39. The molecular formula is C14H11Br2FOS. The van der Waals surface area contributed by atoms with Crippen molar-refractivity contribution in [2.24, 2.45) is 0 Å². The normalized spacial score (nSPS) is 12.4. The van der Waals surface area contributed by atoms with E-state index in [1.807, 2.05) is 24.3 Å². The van der Waals surface area contributed by atoms with E-state index in [9.17, 15) is 9.50 Å². The van der Waals surface area contributed by atoms with Crippen LogP contribution in [0.4, 0.5) is 4.39 Å². The number of thioether (sulfide) groups is 1. The lowest BCUT2D eigenvalue weighted by Gasteiger charge is -2.12. The molecular weight excluding hydrogens is 395 g/mol. The van der Waals surface area contributed by atoms with E-state index >= 15 is 0 Å². The second-order valence-electron chi connectivity index (χ2n) is 3.93. The monoisotopic (exact) mass is 404 g/mol. The molecule has 5 heteroatoms. The maximum atomic E-state index is 13.8. The number of halogens is 3. The molecule has 0 aromatic heterocycles. The van der Waals surface area contributed by atoms with Crippen molar-refractivity contribution >= 4 is 43.6 Å². The molecule has 1 unspecified atom stereocenters. The van der Waals surface area contributed by atoms with Crippen molar-refractivity contribution in [1.82, 2.24) is 0 Å². The Morgan fingerprint density at radius 3 is 2.63 bits per heavy atom. The van der Waals surface area contributed by atoms with Crippen molar-refractivity contribution in [1.29, 1.82) is 0 Å². The van der Waals surface area contributed by atoms with Crippen LogP contribution in [0.1, 0.15) is 11.7 Å². The van der Waals surface area contributed by atoms with Crippen LogP contribution in [0.3, 0.4) is 0 Å². The molecule has 0 bridgehead atoms. The van der Waals surface area contributed by atoms with Crippen LogP contribution < -0.4 is 0 Å². The van der Waals surface area contributed by atoms with Gasteiger partial charge in [0.25, 0.3) is 0 Å². The van der Waals surface area contributed by atoms with Crippen LogP contribution in [0.25, 0.3) is 0 Å². The van der Waals surface area contributed by atoms with Gasteiger partial charge in [0.15, 0.2) is 0 Å². The van der Waals surface area contributed by atoms with Crippen LogP contribution in [-0.4, -0.2) is 10.9 Å². The highest BCUT2D eigenvalue weighted by Gasteiger charge is 2.15. The largest absolute Gasteiger partial charge is 0.387 e. The van der Waals surface area contributed by atoms with E-state index in [0.717, 1.165) is 9.37 Å². The van der Waals surface area contributed by atoms with E-state index < -0.39 is 11.9 Å². The first kappa shape index (κ1) is 15.0. The molecule has 100 valence electrons. The summed E-state index contributed by atoms with van der Waals surface area (Å²) in [6.07, 6.45) is -0.832. The molecule has 0 aliphatic rings. The molecule has 1 nitrogen and oxygen atoms in total. The zero-order valence-electron chi connectivity index (χ0n) is 9.82. The molecule has 2 aromatic rings. The number of hydrogen-bond donors (Lipinski definition) is 1.